The summed E-state index contributed by atoms with van der Waals surface area (Å²) in [5.74, 6) is 0.631. The van der Waals surface area contributed by atoms with Crippen LogP contribution in [0.1, 0.15) is 30.4 Å². The molecule has 0 fully saturated rings. The van der Waals surface area contributed by atoms with Crippen molar-refractivity contribution in [1.29, 1.82) is 0 Å². The van der Waals surface area contributed by atoms with Crippen molar-refractivity contribution in [2.75, 3.05) is 0 Å². The zero-order valence-electron chi connectivity index (χ0n) is 7.46. The van der Waals surface area contributed by atoms with Crippen molar-refractivity contribution < 1.29 is 0 Å². The van der Waals surface area contributed by atoms with Crippen LogP contribution in [0.2, 0.25) is 0 Å². The van der Waals surface area contributed by atoms with Gasteiger partial charge in [-0.1, -0.05) is 31.2 Å². The molecule has 1 aromatic rings. The fraction of sp³-hybridized carbons (Fsp3) is 0.455. The molecular formula is C11H15N. The molecule has 0 bridgehead atoms. The second kappa shape index (κ2) is 2.91. The lowest BCUT2D eigenvalue weighted by Crippen LogP contribution is -2.34. The quantitative estimate of drug-likeness (QED) is 0.706. The maximum atomic E-state index is 5.99. The van der Waals surface area contributed by atoms with Crippen LogP contribution in [-0.4, -0.2) is 6.04 Å². The van der Waals surface area contributed by atoms with Crippen molar-refractivity contribution in [3.63, 3.8) is 0 Å². The highest BCUT2D eigenvalue weighted by atomic mass is 14.7. The Kier molecular flexibility index (Phi) is 1.89. The van der Waals surface area contributed by atoms with Crippen molar-refractivity contribution in [3.8, 4) is 0 Å². The zero-order valence-corrected chi connectivity index (χ0v) is 7.46. The molecule has 0 saturated heterocycles. The summed E-state index contributed by atoms with van der Waals surface area (Å²) >= 11 is 0. The van der Waals surface area contributed by atoms with Crippen LogP contribution in [-0.2, 0) is 6.42 Å². The van der Waals surface area contributed by atoms with Gasteiger partial charge in [-0.25, -0.2) is 0 Å². The first-order valence-electron chi connectivity index (χ1n) is 4.66. The molecule has 2 rings (SSSR count). The molecular weight excluding hydrogens is 146 g/mol. The summed E-state index contributed by atoms with van der Waals surface area (Å²) in [6, 6.07) is 8.98. The lowest BCUT2D eigenvalue weighted by Gasteiger charge is -2.34. The molecule has 0 radical (unpaired) electrons. The van der Waals surface area contributed by atoms with E-state index in [1.807, 2.05) is 0 Å². The lowest BCUT2D eigenvalue weighted by atomic mass is 9.73. The molecule has 1 heteroatoms. The summed E-state index contributed by atoms with van der Waals surface area (Å²) in [6.07, 6.45) is 2.27. The Bertz CT molecular complexity index is 280. The van der Waals surface area contributed by atoms with E-state index in [0.717, 1.165) is 6.42 Å². The highest BCUT2D eigenvalue weighted by Gasteiger charge is 2.29. The molecule has 1 nitrogen and oxygen atoms in total. The topological polar surface area (TPSA) is 26.0 Å². The van der Waals surface area contributed by atoms with Gasteiger partial charge in [-0.3, -0.25) is 0 Å². The molecule has 1 aromatic carbocycles. The van der Waals surface area contributed by atoms with Crippen molar-refractivity contribution in [2.45, 2.75) is 31.7 Å². The molecule has 1 aliphatic carbocycles. The molecule has 1 aliphatic rings. The fourth-order valence-corrected chi connectivity index (χ4v) is 1.96. The predicted molar refractivity (Wildman–Crippen MR) is 51.2 cm³/mol. The largest absolute Gasteiger partial charge is 0.327 e. The molecule has 12 heavy (non-hydrogen) atoms. The van der Waals surface area contributed by atoms with Gasteiger partial charge in [-0.15, -0.1) is 0 Å². The molecule has 0 aromatic heterocycles. The van der Waals surface area contributed by atoms with Gasteiger partial charge in [0.1, 0.15) is 0 Å². The van der Waals surface area contributed by atoms with Gasteiger partial charge in [-0.2, -0.15) is 0 Å². The molecule has 0 amide bonds. The number of benzene rings is 1. The second-order valence-corrected chi connectivity index (χ2v) is 3.58. The first-order chi connectivity index (χ1) is 5.83. The Morgan fingerprint density at radius 2 is 2.25 bits per heavy atom. The van der Waals surface area contributed by atoms with E-state index in [-0.39, 0.29) is 0 Å². The minimum Gasteiger partial charge on any atom is -0.327 e. The molecule has 0 saturated carbocycles. The summed E-state index contributed by atoms with van der Waals surface area (Å²) in [5.41, 5.74) is 8.96. The Morgan fingerprint density at radius 3 is 2.92 bits per heavy atom. The van der Waals surface area contributed by atoms with E-state index in [1.165, 1.54) is 17.5 Å². The van der Waals surface area contributed by atoms with Gasteiger partial charge in [0.15, 0.2) is 0 Å². The highest BCUT2D eigenvalue weighted by molar-refractivity contribution is 5.40. The fourth-order valence-electron chi connectivity index (χ4n) is 1.96. The number of fused-ring (bicyclic) bond motifs is 1. The van der Waals surface area contributed by atoms with Crippen LogP contribution in [0.5, 0.6) is 0 Å². The molecule has 2 atom stereocenters. The molecule has 0 spiro atoms. The number of nitrogens with two attached hydrogens (primary N) is 1. The van der Waals surface area contributed by atoms with E-state index in [9.17, 15) is 0 Å². The molecule has 2 N–H and O–H groups in total. The molecule has 0 aliphatic heterocycles. The maximum Gasteiger partial charge on any atom is 0.0108 e. The minimum absolute atomic E-state index is 0.361. The summed E-state index contributed by atoms with van der Waals surface area (Å²) in [5, 5.41) is 0. The minimum atomic E-state index is 0.361. The van der Waals surface area contributed by atoms with E-state index in [1.54, 1.807) is 0 Å². The van der Waals surface area contributed by atoms with Crippen LogP contribution in [0.25, 0.3) is 0 Å². The monoisotopic (exact) mass is 161 g/mol. The summed E-state index contributed by atoms with van der Waals surface area (Å²) in [4.78, 5) is 0. The average molecular weight is 161 g/mol. The third-order valence-corrected chi connectivity index (χ3v) is 2.88. The third kappa shape index (κ3) is 1.05. The molecule has 64 valence electrons. The van der Waals surface area contributed by atoms with Gasteiger partial charge in [-0.05, 0) is 24.0 Å². The Balaban J connectivity index is 2.19. The van der Waals surface area contributed by atoms with Crippen LogP contribution < -0.4 is 5.73 Å². The van der Waals surface area contributed by atoms with Gasteiger partial charge >= 0.3 is 0 Å². The van der Waals surface area contributed by atoms with Crippen LogP contribution in [0.4, 0.5) is 0 Å². The van der Waals surface area contributed by atoms with Crippen molar-refractivity contribution >= 4 is 0 Å². The second-order valence-electron chi connectivity index (χ2n) is 3.58. The van der Waals surface area contributed by atoms with Gasteiger partial charge in [0.25, 0.3) is 0 Å². The van der Waals surface area contributed by atoms with Gasteiger partial charge in [0.2, 0.25) is 0 Å². The van der Waals surface area contributed by atoms with E-state index in [4.69, 9.17) is 5.73 Å². The summed E-state index contributed by atoms with van der Waals surface area (Å²) < 4.78 is 0. The molecule has 1 unspecified atom stereocenters. The number of hydrogen-bond acceptors (Lipinski definition) is 1. The highest BCUT2D eigenvalue weighted by Crippen LogP contribution is 2.37. The smallest absolute Gasteiger partial charge is 0.0108 e. The first-order valence-corrected chi connectivity index (χ1v) is 4.66. The zero-order chi connectivity index (χ0) is 8.55. The standard InChI is InChI=1S/C11H15N/c1-2-11(12)10-7-8-5-3-4-6-9(8)10/h3-6,10-11H,2,7,12H2,1H3/t10?,11-/m0/s1. The van der Waals surface area contributed by atoms with Gasteiger partial charge in [0.05, 0.1) is 0 Å². The van der Waals surface area contributed by atoms with Crippen molar-refractivity contribution in [2.24, 2.45) is 5.73 Å². The van der Waals surface area contributed by atoms with Gasteiger partial charge < -0.3 is 5.73 Å². The number of hydrogen-bond donors (Lipinski definition) is 1. The normalized spacial score (nSPS) is 22.7. The lowest BCUT2D eigenvalue weighted by molar-refractivity contribution is 0.472. The Morgan fingerprint density at radius 1 is 1.50 bits per heavy atom. The summed E-state index contributed by atoms with van der Waals surface area (Å²) in [7, 11) is 0. The van der Waals surface area contributed by atoms with E-state index in [0.29, 0.717) is 12.0 Å². The first kappa shape index (κ1) is 7.81. The number of rotatable bonds is 2. The van der Waals surface area contributed by atoms with E-state index >= 15 is 0 Å². The van der Waals surface area contributed by atoms with Crippen LogP contribution >= 0.6 is 0 Å². The SMILES string of the molecule is CC[C@H](N)C1Cc2ccccc21. The Hall–Kier alpha value is -0.820. The van der Waals surface area contributed by atoms with E-state index in [2.05, 4.69) is 31.2 Å². The van der Waals surface area contributed by atoms with Crippen LogP contribution in [0, 0.1) is 0 Å². The van der Waals surface area contributed by atoms with Crippen LogP contribution in [0.3, 0.4) is 0 Å². The van der Waals surface area contributed by atoms with Crippen LogP contribution in [0.15, 0.2) is 24.3 Å². The Labute approximate surface area is 73.6 Å². The predicted octanol–water partition coefficient (Wildman–Crippen LogP) is 2.06. The van der Waals surface area contributed by atoms with Crippen molar-refractivity contribution in [3.05, 3.63) is 35.4 Å². The summed E-state index contributed by atoms with van der Waals surface area (Å²) in [6.45, 7) is 2.16. The average Bonchev–Trinajstić information content (AvgIpc) is 2.07. The third-order valence-electron chi connectivity index (χ3n) is 2.88. The van der Waals surface area contributed by atoms with E-state index < -0.39 is 0 Å². The maximum absolute atomic E-state index is 5.99. The van der Waals surface area contributed by atoms with Crippen molar-refractivity contribution in [1.82, 2.24) is 0 Å². The van der Waals surface area contributed by atoms with Gasteiger partial charge in [0, 0.05) is 12.0 Å². The molecule has 0 heterocycles.